The molecule has 2 rings (SSSR count). The van der Waals surface area contributed by atoms with Crippen molar-refractivity contribution in [3.05, 3.63) is 45.8 Å². The molecule has 7 nitrogen and oxygen atoms in total. The van der Waals surface area contributed by atoms with Crippen LogP contribution in [-0.2, 0) is 10.1 Å². The van der Waals surface area contributed by atoms with Gasteiger partial charge in [0, 0.05) is 5.56 Å². The summed E-state index contributed by atoms with van der Waals surface area (Å²) in [6.45, 7) is 10.9. The summed E-state index contributed by atoms with van der Waals surface area (Å²) < 4.78 is 32.5. The van der Waals surface area contributed by atoms with E-state index in [9.17, 15) is 13.0 Å². The highest BCUT2D eigenvalue weighted by Crippen LogP contribution is 2.20. The van der Waals surface area contributed by atoms with Gasteiger partial charge in [0.15, 0.2) is 0 Å². The van der Waals surface area contributed by atoms with E-state index in [0.717, 1.165) is 27.4 Å². The van der Waals surface area contributed by atoms with Crippen LogP contribution >= 0.6 is 0 Å². The van der Waals surface area contributed by atoms with Crippen LogP contribution in [0.3, 0.4) is 0 Å². The topological polar surface area (TPSA) is 113 Å². The molecule has 8 heteroatoms. The number of hydrogen-bond acceptors (Lipinski definition) is 6. The van der Waals surface area contributed by atoms with Crippen molar-refractivity contribution < 1.29 is 17.9 Å². The molecule has 1 heterocycles. The van der Waals surface area contributed by atoms with E-state index in [1.165, 1.54) is 0 Å². The van der Waals surface area contributed by atoms with E-state index < -0.39 is 10.1 Å². The maximum Gasteiger partial charge on any atom is 0.147 e. The molecule has 126 valence electrons. The van der Waals surface area contributed by atoms with Gasteiger partial charge in [-0.25, -0.2) is 8.42 Å². The van der Waals surface area contributed by atoms with Gasteiger partial charge in [0.2, 0.25) is 0 Å². The van der Waals surface area contributed by atoms with Crippen LogP contribution in [-0.4, -0.2) is 23.2 Å². The zero-order valence-corrected chi connectivity index (χ0v) is 15.0. The Hall–Kier alpha value is -2.06. The molecule has 2 N–H and O–H groups in total. The SMILES string of the molecule is Cc1cc(C)c(S(=O)(=O)[O-])c(C)c1.Cc1n[n+](N)nc(C)c1C. The summed E-state index contributed by atoms with van der Waals surface area (Å²) in [6, 6.07) is 3.38. The van der Waals surface area contributed by atoms with Gasteiger partial charge < -0.3 is 4.55 Å². The van der Waals surface area contributed by atoms with Gasteiger partial charge >= 0.3 is 0 Å². The molecule has 0 radical (unpaired) electrons. The molecular weight excluding hydrogens is 316 g/mol. The third-order valence-corrected chi connectivity index (χ3v) is 4.59. The minimum absolute atomic E-state index is 0.0851. The fourth-order valence-corrected chi connectivity index (χ4v) is 3.21. The highest BCUT2D eigenvalue weighted by molar-refractivity contribution is 7.85. The van der Waals surface area contributed by atoms with Gasteiger partial charge in [-0.15, -0.1) is 0 Å². The van der Waals surface area contributed by atoms with Crippen LogP contribution in [0.1, 0.15) is 33.6 Å². The number of nitrogens with two attached hydrogens (primary N) is 1. The molecule has 1 aromatic carbocycles. The number of nitrogen functional groups attached to an aromatic ring is 1. The largest absolute Gasteiger partial charge is 0.744 e. The Morgan fingerprint density at radius 2 is 1.35 bits per heavy atom. The quantitative estimate of drug-likeness (QED) is 0.470. The second kappa shape index (κ2) is 7.01. The van der Waals surface area contributed by atoms with Crippen molar-refractivity contribution in [2.24, 2.45) is 0 Å². The second-order valence-corrected chi connectivity index (χ2v) is 6.81. The molecule has 0 amide bonds. The van der Waals surface area contributed by atoms with Crippen LogP contribution < -0.4 is 10.7 Å². The van der Waals surface area contributed by atoms with Crippen molar-refractivity contribution in [1.29, 1.82) is 0 Å². The molecule has 0 aliphatic carbocycles. The van der Waals surface area contributed by atoms with Gasteiger partial charge in [-0.2, -0.15) is 5.84 Å². The van der Waals surface area contributed by atoms with Crippen LogP contribution in [0.25, 0.3) is 0 Å². The van der Waals surface area contributed by atoms with Crippen molar-refractivity contribution in [3.8, 4) is 0 Å². The molecule has 0 bridgehead atoms. The van der Waals surface area contributed by atoms with Crippen molar-refractivity contribution >= 4 is 10.1 Å². The third kappa shape index (κ3) is 4.97. The Balaban J connectivity index is 0.000000238. The van der Waals surface area contributed by atoms with E-state index in [4.69, 9.17) is 5.84 Å². The molecule has 2 aromatic rings. The molecule has 0 aliphatic rings. The Morgan fingerprint density at radius 3 is 1.70 bits per heavy atom. The van der Waals surface area contributed by atoms with E-state index in [2.05, 4.69) is 10.2 Å². The molecule has 0 atom stereocenters. The molecule has 0 aliphatic heterocycles. The fraction of sp³-hybridized carbons (Fsp3) is 0.400. The van der Waals surface area contributed by atoms with Gasteiger partial charge in [0.1, 0.15) is 26.4 Å². The lowest BCUT2D eigenvalue weighted by Crippen LogP contribution is -2.52. The highest BCUT2D eigenvalue weighted by Gasteiger charge is 2.09. The zero-order valence-electron chi connectivity index (χ0n) is 14.2. The molecular formula is C15H22N4O3S. The number of aryl methyl sites for hydroxylation is 5. The Kier molecular flexibility index (Phi) is 5.79. The van der Waals surface area contributed by atoms with Crippen LogP contribution in [0.2, 0.25) is 0 Å². The molecule has 1 aromatic heterocycles. The molecule has 0 unspecified atom stereocenters. The predicted octanol–water partition coefficient (Wildman–Crippen LogP) is 0.919. The average Bonchev–Trinajstić information content (AvgIpc) is 2.33. The minimum Gasteiger partial charge on any atom is -0.744 e. The van der Waals surface area contributed by atoms with Gasteiger partial charge in [0.25, 0.3) is 0 Å². The highest BCUT2D eigenvalue weighted by atomic mass is 32.2. The maximum absolute atomic E-state index is 10.8. The lowest BCUT2D eigenvalue weighted by molar-refractivity contribution is -0.759. The van der Waals surface area contributed by atoms with Crippen LogP contribution in [0, 0.1) is 41.5 Å². The van der Waals surface area contributed by atoms with Crippen LogP contribution in [0.15, 0.2) is 17.0 Å². The van der Waals surface area contributed by atoms with E-state index in [1.54, 1.807) is 26.0 Å². The van der Waals surface area contributed by atoms with Gasteiger partial charge in [-0.1, -0.05) is 17.7 Å². The Labute approximate surface area is 136 Å². The summed E-state index contributed by atoms with van der Waals surface area (Å²) in [5.74, 6) is 5.32. The normalized spacial score (nSPS) is 10.9. The van der Waals surface area contributed by atoms with E-state index in [-0.39, 0.29) is 4.90 Å². The third-order valence-electron chi connectivity index (χ3n) is 3.44. The fourth-order valence-electron chi connectivity index (χ4n) is 2.30. The van der Waals surface area contributed by atoms with E-state index >= 15 is 0 Å². The summed E-state index contributed by atoms with van der Waals surface area (Å²) >= 11 is 0. The first-order chi connectivity index (χ1) is 10.4. The maximum atomic E-state index is 10.8. The first-order valence-corrected chi connectivity index (χ1v) is 8.37. The first-order valence-electron chi connectivity index (χ1n) is 6.96. The van der Waals surface area contributed by atoms with Crippen molar-refractivity contribution in [2.75, 3.05) is 5.84 Å². The van der Waals surface area contributed by atoms with Crippen molar-refractivity contribution in [1.82, 2.24) is 10.2 Å². The summed E-state index contributed by atoms with van der Waals surface area (Å²) in [7, 11) is -4.33. The number of aromatic nitrogens is 3. The van der Waals surface area contributed by atoms with Crippen LogP contribution in [0.5, 0.6) is 0 Å². The molecule has 23 heavy (non-hydrogen) atoms. The monoisotopic (exact) mass is 338 g/mol. The van der Waals surface area contributed by atoms with Crippen LogP contribution in [0.4, 0.5) is 0 Å². The van der Waals surface area contributed by atoms with Gasteiger partial charge in [0.05, 0.1) is 15.1 Å². The van der Waals surface area contributed by atoms with Gasteiger partial charge in [-0.3, -0.25) is 0 Å². The van der Waals surface area contributed by atoms with E-state index in [1.807, 2.05) is 27.7 Å². The summed E-state index contributed by atoms with van der Waals surface area (Å²) in [5.41, 5.74) is 4.95. The Morgan fingerprint density at radius 1 is 0.957 bits per heavy atom. The Bertz CT molecular complexity index is 787. The van der Waals surface area contributed by atoms with Crippen molar-refractivity contribution in [2.45, 2.75) is 46.4 Å². The molecule has 0 saturated heterocycles. The van der Waals surface area contributed by atoms with Crippen molar-refractivity contribution in [3.63, 3.8) is 0 Å². The number of hydrogen-bond donors (Lipinski definition) is 1. The van der Waals surface area contributed by atoms with Gasteiger partial charge in [-0.05, 0) is 52.7 Å². The lowest BCUT2D eigenvalue weighted by Gasteiger charge is -2.14. The summed E-state index contributed by atoms with van der Waals surface area (Å²) in [5, 5.41) is 7.83. The molecule has 0 spiro atoms. The summed E-state index contributed by atoms with van der Waals surface area (Å²) in [6.07, 6.45) is 0. The molecule has 0 saturated carbocycles. The lowest BCUT2D eigenvalue weighted by atomic mass is 10.1. The zero-order chi connectivity index (χ0) is 17.9. The number of nitrogens with zero attached hydrogens (tertiary/aromatic N) is 3. The predicted molar refractivity (Wildman–Crippen MR) is 85.2 cm³/mol. The second-order valence-electron chi connectivity index (χ2n) is 5.50. The van der Waals surface area contributed by atoms with E-state index in [0.29, 0.717) is 11.1 Å². The number of benzene rings is 1. The standard InChI is InChI=1S/C9H12O3S.C6H11N4/c1-6-4-7(2)9(8(3)5-6)13(10,11)12;1-4-5(2)8-10(7)9-6(4)3/h4-5H,1-3H3,(H,10,11,12);1-3H3,(H2,7,8,9)/q;+1/p-1. The minimum atomic E-state index is -4.33. The first kappa shape index (κ1) is 19.0. The number of rotatable bonds is 1. The average molecular weight is 338 g/mol. The smallest absolute Gasteiger partial charge is 0.147 e. The molecule has 0 fully saturated rings. The summed E-state index contributed by atoms with van der Waals surface area (Å²) in [4.78, 5) is 1.01.